The molecule has 0 bridgehead atoms. The van der Waals surface area contributed by atoms with Crippen LogP contribution in [0.15, 0.2) is 0 Å². The zero-order valence-electron chi connectivity index (χ0n) is 10.2. The van der Waals surface area contributed by atoms with Crippen LogP contribution in [0.5, 0.6) is 0 Å². The van der Waals surface area contributed by atoms with Gasteiger partial charge >= 0.3 is 0 Å². The van der Waals surface area contributed by atoms with Gasteiger partial charge in [0.2, 0.25) is 0 Å². The van der Waals surface area contributed by atoms with E-state index in [1.54, 1.807) is 4.90 Å². The lowest BCUT2D eigenvalue weighted by molar-refractivity contribution is -0.933. The van der Waals surface area contributed by atoms with Gasteiger partial charge in [-0.15, -0.1) is 0 Å². The molecule has 1 heterocycles. The molecule has 15 heavy (non-hydrogen) atoms. The Balaban J connectivity index is 1.79. The second-order valence-corrected chi connectivity index (χ2v) is 5.85. The van der Waals surface area contributed by atoms with Gasteiger partial charge in [-0.25, -0.2) is 0 Å². The van der Waals surface area contributed by atoms with Crippen molar-refractivity contribution in [2.45, 2.75) is 58.0 Å². The smallest absolute Gasteiger partial charge is 0.138 e. The van der Waals surface area contributed by atoms with E-state index in [0.29, 0.717) is 6.17 Å². The molecule has 4 atom stereocenters. The number of piperidine rings is 1. The highest BCUT2D eigenvalue weighted by molar-refractivity contribution is 4.70. The highest BCUT2D eigenvalue weighted by atomic mass is 15.2. The third kappa shape index (κ3) is 3.18. The molecule has 0 radical (unpaired) electrons. The molecule has 3 N–H and O–H groups in total. The largest absolute Gasteiger partial charge is 0.320 e. The van der Waals surface area contributed by atoms with Crippen LogP contribution in [0.2, 0.25) is 0 Å². The van der Waals surface area contributed by atoms with E-state index < -0.39 is 0 Å². The topological polar surface area (TPSA) is 30.5 Å². The molecule has 0 aromatic heterocycles. The molecule has 2 nitrogen and oxygen atoms in total. The molecular weight excluding hydrogens is 184 g/mol. The molecule has 0 aromatic rings. The minimum atomic E-state index is 0.441. The maximum atomic E-state index is 6.19. The van der Waals surface area contributed by atoms with Crippen LogP contribution >= 0.6 is 0 Å². The molecule has 1 aliphatic carbocycles. The summed E-state index contributed by atoms with van der Waals surface area (Å²) >= 11 is 0. The van der Waals surface area contributed by atoms with Crippen molar-refractivity contribution in [3.8, 4) is 0 Å². The Kier molecular flexibility index (Phi) is 4.04. The number of likely N-dealkylation sites (tertiary alicyclic amines) is 1. The Bertz CT molecular complexity index is 193. The summed E-state index contributed by atoms with van der Waals surface area (Å²) in [6.07, 6.45) is 10.3. The Morgan fingerprint density at radius 2 is 2.00 bits per heavy atom. The lowest BCUT2D eigenvalue weighted by atomic mass is 9.82. The summed E-state index contributed by atoms with van der Waals surface area (Å²) < 4.78 is 0. The van der Waals surface area contributed by atoms with Crippen LogP contribution in [0, 0.1) is 11.8 Å². The maximum Gasteiger partial charge on any atom is 0.138 e. The molecule has 0 spiro atoms. The quantitative estimate of drug-likeness (QED) is 0.705. The summed E-state index contributed by atoms with van der Waals surface area (Å²) in [6.45, 7) is 5.09. The number of rotatable bonds is 2. The minimum Gasteiger partial charge on any atom is -0.320 e. The van der Waals surface area contributed by atoms with Gasteiger partial charge in [0.1, 0.15) is 6.17 Å². The van der Waals surface area contributed by atoms with Gasteiger partial charge in [0.15, 0.2) is 0 Å². The number of hydrogen-bond acceptors (Lipinski definition) is 1. The van der Waals surface area contributed by atoms with Gasteiger partial charge in [0, 0.05) is 12.3 Å². The first-order chi connectivity index (χ1) is 7.25. The van der Waals surface area contributed by atoms with E-state index in [9.17, 15) is 0 Å². The van der Waals surface area contributed by atoms with Crippen LogP contribution in [0.3, 0.4) is 0 Å². The molecule has 2 fully saturated rings. The van der Waals surface area contributed by atoms with Crippen molar-refractivity contribution in [2.75, 3.05) is 13.1 Å². The molecule has 1 saturated carbocycles. The zero-order chi connectivity index (χ0) is 10.7. The van der Waals surface area contributed by atoms with E-state index in [4.69, 9.17) is 5.73 Å². The van der Waals surface area contributed by atoms with Crippen LogP contribution < -0.4 is 10.6 Å². The Hall–Kier alpha value is -0.0800. The lowest BCUT2D eigenvalue weighted by Gasteiger charge is -2.35. The molecule has 1 saturated heterocycles. The number of quaternary nitrogens is 1. The predicted octanol–water partition coefficient (Wildman–Crippen LogP) is 1.17. The minimum absolute atomic E-state index is 0.441. The van der Waals surface area contributed by atoms with Crippen LogP contribution in [0.1, 0.15) is 51.9 Å². The predicted molar refractivity (Wildman–Crippen MR) is 63.6 cm³/mol. The van der Waals surface area contributed by atoms with Crippen molar-refractivity contribution >= 4 is 0 Å². The monoisotopic (exact) mass is 211 g/mol. The van der Waals surface area contributed by atoms with Crippen molar-refractivity contribution in [3.63, 3.8) is 0 Å². The van der Waals surface area contributed by atoms with E-state index in [1.165, 1.54) is 58.0 Å². The van der Waals surface area contributed by atoms with Crippen molar-refractivity contribution in [3.05, 3.63) is 0 Å². The number of nitrogens with one attached hydrogen (secondary N) is 1. The molecule has 0 aromatic carbocycles. The van der Waals surface area contributed by atoms with Gasteiger partial charge in [-0.1, -0.05) is 19.8 Å². The van der Waals surface area contributed by atoms with Gasteiger partial charge in [-0.3, -0.25) is 5.73 Å². The van der Waals surface area contributed by atoms with Gasteiger partial charge in [-0.2, -0.15) is 0 Å². The van der Waals surface area contributed by atoms with Gasteiger partial charge in [0.25, 0.3) is 0 Å². The van der Waals surface area contributed by atoms with Crippen LogP contribution in [-0.2, 0) is 0 Å². The normalized spacial score (nSPS) is 42.8. The van der Waals surface area contributed by atoms with E-state index in [0.717, 1.165) is 11.8 Å². The summed E-state index contributed by atoms with van der Waals surface area (Å²) in [7, 11) is 0. The second-order valence-electron chi connectivity index (χ2n) is 5.85. The van der Waals surface area contributed by atoms with Gasteiger partial charge < -0.3 is 4.90 Å². The molecule has 2 rings (SSSR count). The molecular formula is C13H27N2+. The summed E-state index contributed by atoms with van der Waals surface area (Å²) in [6, 6.07) is 0. The molecule has 0 amide bonds. The molecule has 88 valence electrons. The van der Waals surface area contributed by atoms with E-state index in [-0.39, 0.29) is 0 Å². The van der Waals surface area contributed by atoms with Crippen LogP contribution in [0.25, 0.3) is 0 Å². The third-order valence-corrected chi connectivity index (χ3v) is 4.38. The summed E-state index contributed by atoms with van der Waals surface area (Å²) in [5, 5.41) is 0. The second kappa shape index (κ2) is 5.31. The first-order valence-corrected chi connectivity index (χ1v) is 6.86. The highest BCUT2D eigenvalue weighted by Gasteiger charge is 2.28. The highest BCUT2D eigenvalue weighted by Crippen LogP contribution is 2.27. The number of nitrogens with two attached hydrogens (primary N) is 1. The number of hydrogen-bond donors (Lipinski definition) is 2. The Morgan fingerprint density at radius 3 is 2.73 bits per heavy atom. The van der Waals surface area contributed by atoms with Crippen LogP contribution in [0.4, 0.5) is 0 Å². The average molecular weight is 211 g/mol. The van der Waals surface area contributed by atoms with E-state index in [1.807, 2.05) is 0 Å². The third-order valence-electron chi connectivity index (χ3n) is 4.38. The molecule has 4 unspecified atom stereocenters. The lowest BCUT2D eigenvalue weighted by Crippen LogP contribution is -3.18. The zero-order valence-corrected chi connectivity index (χ0v) is 10.2. The van der Waals surface area contributed by atoms with Gasteiger partial charge in [0.05, 0.1) is 13.1 Å². The molecule has 1 aliphatic heterocycles. The first-order valence-electron chi connectivity index (χ1n) is 6.86. The van der Waals surface area contributed by atoms with Gasteiger partial charge in [-0.05, 0) is 31.6 Å². The van der Waals surface area contributed by atoms with E-state index >= 15 is 0 Å². The summed E-state index contributed by atoms with van der Waals surface area (Å²) in [5.41, 5.74) is 6.19. The van der Waals surface area contributed by atoms with Crippen molar-refractivity contribution in [1.29, 1.82) is 0 Å². The van der Waals surface area contributed by atoms with Crippen molar-refractivity contribution < 1.29 is 4.90 Å². The van der Waals surface area contributed by atoms with Crippen molar-refractivity contribution in [1.82, 2.24) is 0 Å². The molecule has 2 aliphatic rings. The Labute approximate surface area is 94.2 Å². The fourth-order valence-electron chi connectivity index (χ4n) is 3.48. The summed E-state index contributed by atoms with van der Waals surface area (Å²) in [4.78, 5) is 1.69. The first kappa shape index (κ1) is 11.4. The van der Waals surface area contributed by atoms with E-state index in [2.05, 4.69) is 6.92 Å². The standard InChI is InChI=1S/C13H26N2/c1-11-5-4-6-12(9-11)10-15-8-3-2-7-13(15)14/h11-13H,2-10,14H2,1H3/p+1. The van der Waals surface area contributed by atoms with Crippen LogP contribution in [-0.4, -0.2) is 19.3 Å². The summed E-state index contributed by atoms with van der Waals surface area (Å²) in [5.74, 6) is 1.93. The SMILES string of the molecule is CC1CCCC(C[NH+]2CCCCC2N)C1. The van der Waals surface area contributed by atoms with Crippen molar-refractivity contribution in [2.24, 2.45) is 17.6 Å². The average Bonchev–Trinajstić information content (AvgIpc) is 2.22. The Morgan fingerprint density at radius 1 is 1.13 bits per heavy atom. The fraction of sp³-hybridized carbons (Fsp3) is 1.00. The molecule has 2 heteroatoms. The fourth-order valence-corrected chi connectivity index (χ4v) is 3.48. The maximum absolute atomic E-state index is 6.19.